The van der Waals surface area contributed by atoms with Gasteiger partial charge in [0.2, 0.25) is 0 Å². The molecule has 0 aliphatic carbocycles. The molecule has 0 rings (SSSR count). The summed E-state index contributed by atoms with van der Waals surface area (Å²) in [6.45, 7) is 11.8. The lowest BCUT2D eigenvalue weighted by molar-refractivity contribution is -0.363. The Balaban J connectivity index is 4.61. The molecular formula is C16H32O5. The number of rotatable bonds is 10. The van der Waals surface area contributed by atoms with Gasteiger partial charge in [-0.1, -0.05) is 39.5 Å². The van der Waals surface area contributed by atoms with Crippen molar-refractivity contribution in [2.45, 2.75) is 84.8 Å². The number of hydrogen-bond donors (Lipinski definition) is 1. The summed E-state index contributed by atoms with van der Waals surface area (Å²) in [5.74, 6) is 0.424. The van der Waals surface area contributed by atoms with Gasteiger partial charge in [0.15, 0.2) is 0 Å². The molecule has 21 heavy (non-hydrogen) atoms. The van der Waals surface area contributed by atoms with Gasteiger partial charge in [-0.05, 0) is 40.0 Å². The molecule has 0 saturated carbocycles. The third-order valence-corrected chi connectivity index (χ3v) is 3.27. The maximum atomic E-state index is 10.9. The average molecular weight is 304 g/mol. The largest absolute Gasteiger partial charge is 0.506 e. The molecule has 2 atom stereocenters. The van der Waals surface area contributed by atoms with Crippen molar-refractivity contribution in [3.8, 4) is 0 Å². The van der Waals surface area contributed by atoms with Crippen molar-refractivity contribution in [2.75, 3.05) is 6.61 Å². The van der Waals surface area contributed by atoms with Gasteiger partial charge >= 0.3 is 6.16 Å². The zero-order valence-corrected chi connectivity index (χ0v) is 14.4. The van der Waals surface area contributed by atoms with E-state index in [0.717, 1.165) is 25.7 Å². The molecule has 0 aromatic rings. The van der Waals surface area contributed by atoms with Crippen LogP contribution in [0.15, 0.2) is 0 Å². The van der Waals surface area contributed by atoms with Crippen molar-refractivity contribution in [1.29, 1.82) is 0 Å². The fourth-order valence-corrected chi connectivity index (χ4v) is 2.23. The van der Waals surface area contributed by atoms with Crippen molar-refractivity contribution in [2.24, 2.45) is 5.92 Å². The standard InChI is InChI=1S/C16H32O5/c1-7-9-10-13(8-2)11-16(6,20-14(17)18)12-19-21-15(3,4)5/h13H,7-12H2,1-6H3,(H,17,18). The van der Waals surface area contributed by atoms with Crippen LogP contribution in [0.1, 0.15) is 73.6 Å². The average Bonchev–Trinajstić information content (AvgIpc) is 2.31. The van der Waals surface area contributed by atoms with Gasteiger partial charge in [-0.15, -0.1) is 0 Å². The molecule has 1 N–H and O–H groups in total. The molecule has 2 unspecified atom stereocenters. The first-order chi connectivity index (χ1) is 9.62. The van der Waals surface area contributed by atoms with E-state index in [-0.39, 0.29) is 6.61 Å². The summed E-state index contributed by atoms with van der Waals surface area (Å²) in [5.41, 5.74) is -1.32. The summed E-state index contributed by atoms with van der Waals surface area (Å²) in [7, 11) is 0. The van der Waals surface area contributed by atoms with Gasteiger partial charge in [-0.25, -0.2) is 14.6 Å². The third-order valence-electron chi connectivity index (χ3n) is 3.27. The van der Waals surface area contributed by atoms with E-state index in [1.165, 1.54) is 0 Å². The van der Waals surface area contributed by atoms with E-state index in [1.807, 2.05) is 20.8 Å². The summed E-state index contributed by atoms with van der Waals surface area (Å²) in [5, 5.41) is 8.95. The van der Waals surface area contributed by atoms with E-state index in [2.05, 4.69) is 13.8 Å². The molecule has 0 heterocycles. The van der Waals surface area contributed by atoms with Gasteiger partial charge in [-0.2, -0.15) is 0 Å². The number of carbonyl (C=O) groups is 1. The Bertz CT molecular complexity index is 298. The van der Waals surface area contributed by atoms with E-state index in [4.69, 9.17) is 19.6 Å². The highest BCUT2D eigenvalue weighted by atomic mass is 17.2. The van der Waals surface area contributed by atoms with Crippen molar-refractivity contribution in [3.63, 3.8) is 0 Å². The Hall–Kier alpha value is -0.810. The number of ether oxygens (including phenoxy) is 1. The molecule has 0 aromatic carbocycles. The lowest BCUT2D eigenvalue weighted by atomic mass is 9.87. The van der Waals surface area contributed by atoms with Gasteiger partial charge in [0.25, 0.3) is 0 Å². The SMILES string of the molecule is CCCCC(CC)CC(C)(COOC(C)(C)C)OC(=O)O. The van der Waals surface area contributed by atoms with Gasteiger partial charge < -0.3 is 9.84 Å². The fourth-order valence-electron chi connectivity index (χ4n) is 2.23. The highest BCUT2D eigenvalue weighted by Crippen LogP contribution is 2.28. The van der Waals surface area contributed by atoms with E-state index in [9.17, 15) is 4.79 Å². The molecule has 126 valence electrons. The van der Waals surface area contributed by atoms with Crippen molar-refractivity contribution < 1.29 is 24.4 Å². The summed E-state index contributed by atoms with van der Waals surface area (Å²) >= 11 is 0. The molecule has 0 aliphatic rings. The molecule has 0 fully saturated rings. The monoisotopic (exact) mass is 304 g/mol. The summed E-state index contributed by atoms with van der Waals surface area (Å²) < 4.78 is 5.08. The quantitative estimate of drug-likeness (QED) is 0.357. The van der Waals surface area contributed by atoms with Crippen LogP contribution in [0.2, 0.25) is 0 Å². The first kappa shape index (κ1) is 20.2. The first-order valence-corrected chi connectivity index (χ1v) is 7.84. The summed E-state index contributed by atoms with van der Waals surface area (Å²) in [4.78, 5) is 21.4. The molecule has 0 radical (unpaired) electrons. The predicted molar refractivity (Wildman–Crippen MR) is 82.2 cm³/mol. The lowest BCUT2D eigenvalue weighted by Crippen LogP contribution is -2.39. The van der Waals surface area contributed by atoms with Gasteiger partial charge in [-0.3, -0.25) is 0 Å². The van der Waals surface area contributed by atoms with Crippen molar-refractivity contribution in [3.05, 3.63) is 0 Å². The minimum Gasteiger partial charge on any atom is -0.450 e. The summed E-state index contributed by atoms with van der Waals surface area (Å²) in [6.07, 6.45) is 3.72. The minimum absolute atomic E-state index is 0.0964. The van der Waals surface area contributed by atoms with Crippen LogP contribution in [-0.4, -0.2) is 29.1 Å². The van der Waals surface area contributed by atoms with E-state index in [1.54, 1.807) is 6.92 Å². The van der Waals surface area contributed by atoms with Crippen LogP contribution in [0, 0.1) is 5.92 Å². The first-order valence-electron chi connectivity index (χ1n) is 7.84. The topological polar surface area (TPSA) is 65.0 Å². The van der Waals surface area contributed by atoms with Crippen LogP contribution in [-0.2, 0) is 14.5 Å². The van der Waals surface area contributed by atoms with Crippen LogP contribution in [0.3, 0.4) is 0 Å². The summed E-state index contributed by atoms with van der Waals surface area (Å²) in [6, 6.07) is 0. The molecule has 5 nitrogen and oxygen atoms in total. The molecule has 0 spiro atoms. The van der Waals surface area contributed by atoms with Crippen LogP contribution in [0.4, 0.5) is 4.79 Å². The predicted octanol–water partition coefficient (Wildman–Crippen LogP) is 4.79. The van der Waals surface area contributed by atoms with Crippen LogP contribution >= 0.6 is 0 Å². The minimum atomic E-state index is -1.28. The zero-order chi connectivity index (χ0) is 16.5. The van der Waals surface area contributed by atoms with E-state index in [0.29, 0.717) is 12.3 Å². The Labute approximate surface area is 128 Å². The zero-order valence-electron chi connectivity index (χ0n) is 14.4. The maximum Gasteiger partial charge on any atom is 0.506 e. The van der Waals surface area contributed by atoms with E-state index >= 15 is 0 Å². The number of carboxylic acid groups (broad SMARTS) is 1. The Kier molecular flexibility index (Phi) is 8.90. The highest BCUT2D eigenvalue weighted by Gasteiger charge is 2.33. The molecule has 0 bridgehead atoms. The smallest absolute Gasteiger partial charge is 0.450 e. The highest BCUT2D eigenvalue weighted by molar-refractivity contribution is 5.57. The molecule has 5 heteroatoms. The van der Waals surface area contributed by atoms with Crippen molar-refractivity contribution >= 4 is 6.16 Å². The van der Waals surface area contributed by atoms with E-state index < -0.39 is 17.4 Å². The third kappa shape index (κ3) is 10.5. The normalized spacial score (nSPS) is 16.3. The second-order valence-corrected chi connectivity index (χ2v) is 6.90. The van der Waals surface area contributed by atoms with Gasteiger partial charge in [0, 0.05) is 0 Å². The molecule has 0 aliphatic heterocycles. The van der Waals surface area contributed by atoms with Gasteiger partial charge in [0.1, 0.15) is 12.2 Å². The second kappa shape index (κ2) is 9.26. The van der Waals surface area contributed by atoms with Gasteiger partial charge in [0.05, 0.1) is 5.60 Å². The molecule has 0 saturated heterocycles. The number of hydrogen-bond acceptors (Lipinski definition) is 4. The maximum absolute atomic E-state index is 10.9. The molecule has 0 aromatic heterocycles. The Morgan fingerprint density at radius 1 is 1.19 bits per heavy atom. The second-order valence-electron chi connectivity index (χ2n) is 6.90. The number of unbranched alkanes of at least 4 members (excludes halogenated alkanes) is 1. The van der Waals surface area contributed by atoms with Crippen molar-refractivity contribution in [1.82, 2.24) is 0 Å². The Morgan fingerprint density at radius 3 is 2.24 bits per heavy atom. The Morgan fingerprint density at radius 2 is 1.81 bits per heavy atom. The van der Waals surface area contributed by atoms with Crippen LogP contribution in [0.25, 0.3) is 0 Å². The molecule has 0 amide bonds. The van der Waals surface area contributed by atoms with Crippen LogP contribution in [0.5, 0.6) is 0 Å². The van der Waals surface area contributed by atoms with Crippen LogP contribution < -0.4 is 0 Å². The molecular weight excluding hydrogens is 272 g/mol. The fraction of sp³-hybridized carbons (Fsp3) is 0.938. The lowest BCUT2D eigenvalue weighted by Gasteiger charge is -2.32.